The van der Waals surface area contributed by atoms with Crippen molar-refractivity contribution in [2.45, 2.75) is 0 Å². The number of nitrogens with zero attached hydrogens (tertiary/aromatic N) is 2. The number of halogens is 2. The Kier molecular flexibility index (Phi) is 7.35. The Morgan fingerprint density at radius 1 is 1.33 bits per heavy atom. The first-order valence-electron chi connectivity index (χ1n) is 7.63. The largest absolute Gasteiger partial charge is 0.360 e. The number of nitrogens with one attached hydrogen (secondary N) is 3. The van der Waals surface area contributed by atoms with Crippen LogP contribution in [0.3, 0.4) is 0 Å². The molecule has 1 aromatic rings. The van der Waals surface area contributed by atoms with Crippen molar-refractivity contribution >= 4 is 34.8 Å². The van der Waals surface area contributed by atoms with Crippen LogP contribution < -0.4 is 16.0 Å². The number of hydrogen-bond donors (Lipinski definition) is 3. The molecule has 0 saturated carbocycles. The summed E-state index contributed by atoms with van der Waals surface area (Å²) in [5.74, 6) is -0.403. The van der Waals surface area contributed by atoms with Crippen molar-refractivity contribution in [3.63, 3.8) is 0 Å². The van der Waals surface area contributed by atoms with Crippen molar-refractivity contribution in [3.05, 3.63) is 40.0 Å². The van der Waals surface area contributed by atoms with Crippen LogP contribution in [0.5, 0.6) is 0 Å². The van der Waals surface area contributed by atoms with Crippen LogP contribution in [0.2, 0.25) is 10.0 Å². The first-order valence-corrected chi connectivity index (χ1v) is 8.39. The maximum Gasteiger partial charge on any atom is 0.263 e. The third-order valence-corrected chi connectivity index (χ3v) is 4.33. The summed E-state index contributed by atoms with van der Waals surface area (Å²) in [5, 5.41) is 18.9. The standard InChI is InChI=1S/C16H19Cl2N5O/c17-14-2-1-13(9-15(14)18)22-11-12(10-19)16(24)21-5-8-23-6-3-20-4-7-23/h1-2,9,11,20,22H,3-8H2,(H,21,24)/b12-11-. The van der Waals surface area contributed by atoms with Crippen LogP contribution in [0, 0.1) is 11.3 Å². The molecule has 0 aromatic heterocycles. The molecule has 8 heteroatoms. The molecule has 1 aliphatic heterocycles. The number of hydrogen-bond acceptors (Lipinski definition) is 5. The summed E-state index contributed by atoms with van der Waals surface area (Å²) in [7, 11) is 0. The van der Waals surface area contributed by atoms with Gasteiger partial charge < -0.3 is 16.0 Å². The molecule has 1 saturated heterocycles. The Labute approximate surface area is 151 Å². The summed E-state index contributed by atoms with van der Waals surface area (Å²) in [4.78, 5) is 14.3. The first kappa shape index (κ1) is 18.6. The SMILES string of the molecule is N#C/C(=C/Nc1ccc(Cl)c(Cl)c1)C(=O)NCCN1CCNCC1. The van der Waals surface area contributed by atoms with E-state index < -0.39 is 5.91 Å². The van der Waals surface area contributed by atoms with Gasteiger partial charge in [0.05, 0.1) is 10.0 Å². The zero-order chi connectivity index (χ0) is 17.4. The highest BCUT2D eigenvalue weighted by atomic mass is 35.5. The number of carbonyl (C=O) groups is 1. The van der Waals surface area contributed by atoms with Crippen LogP contribution in [0.1, 0.15) is 0 Å². The third kappa shape index (κ3) is 5.69. The van der Waals surface area contributed by atoms with Crippen molar-refractivity contribution in [1.82, 2.24) is 15.5 Å². The second-order valence-corrected chi connectivity index (χ2v) is 6.10. The van der Waals surface area contributed by atoms with Gasteiger partial charge in [0.15, 0.2) is 0 Å². The molecule has 0 bridgehead atoms. The molecule has 0 aliphatic carbocycles. The molecule has 0 spiro atoms. The second kappa shape index (κ2) is 9.50. The molecular formula is C16H19Cl2N5O. The number of piperazine rings is 1. The average molecular weight is 368 g/mol. The number of amides is 1. The molecule has 0 atom stereocenters. The topological polar surface area (TPSA) is 80.2 Å². The van der Waals surface area contributed by atoms with Gasteiger partial charge in [0.2, 0.25) is 0 Å². The Morgan fingerprint density at radius 3 is 2.75 bits per heavy atom. The van der Waals surface area contributed by atoms with E-state index in [9.17, 15) is 4.79 Å². The number of nitriles is 1. The first-order chi connectivity index (χ1) is 11.6. The lowest BCUT2D eigenvalue weighted by Gasteiger charge is -2.27. The van der Waals surface area contributed by atoms with E-state index in [4.69, 9.17) is 28.5 Å². The van der Waals surface area contributed by atoms with Crippen LogP contribution in [0.4, 0.5) is 5.69 Å². The molecule has 1 heterocycles. The van der Waals surface area contributed by atoms with Crippen LogP contribution >= 0.6 is 23.2 Å². The number of anilines is 1. The van der Waals surface area contributed by atoms with Gasteiger partial charge in [-0.1, -0.05) is 23.2 Å². The van der Waals surface area contributed by atoms with Crippen LogP contribution in [0.25, 0.3) is 0 Å². The Bertz CT molecular complexity index is 650. The molecule has 0 unspecified atom stereocenters. The maximum absolute atomic E-state index is 12.0. The summed E-state index contributed by atoms with van der Waals surface area (Å²) >= 11 is 11.8. The van der Waals surface area contributed by atoms with E-state index in [0.29, 0.717) is 22.3 Å². The molecule has 3 N–H and O–H groups in total. The smallest absolute Gasteiger partial charge is 0.263 e. The quantitative estimate of drug-likeness (QED) is 0.527. The van der Waals surface area contributed by atoms with Crippen LogP contribution in [-0.4, -0.2) is 50.1 Å². The monoisotopic (exact) mass is 367 g/mol. The Morgan fingerprint density at radius 2 is 2.08 bits per heavy atom. The van der Waals surface area contributed by atoms with Gasteiger partial charge in [0.25, 0.3) is 5.91 Å². The molecule has 1 amide bonds. The molecule has 1 aromatic carbocycles. The van der Waals surface area contributed by atoms with Crippen molar-refractivity contribution in [2.24, 2.45) is 0 Å². The number of benzene rings is 1. The molecule has 1 aliphatic rings. The summed E-state index contributed by atoms with van der Waals surface area (Å²) in [6.45, 7) is 5.14. The van der Waals surface area contributed by atoms with Gasteiger partial charge in [0.1, 0.15) is 11.6 Å². The Hall–Kier alpha value is -1.78. The molecular weight excluding hydrogens is 349 g/mol. The summed E-state index contributed by atoms with van der Waals surface area (Å²) in [6, 6.07) is 6.86. The van der Waals surface area contributed by atoms with Gasteiger partial charge >= 0.3 is 0 Å². The summed E-state index contributed by atoms with van der Waals surface area (Å²) in [5.41, 5.74) is 0.646. The zero-order valence-electron chi connectivity index (χ0n) is 13.1. The molecule has 2 rings (SSSR count). The highest BCUT2D eigenvalue weighted by Crippen LogP contribution is 2.25. The van der Waals surface area contributed by atoms with Crippen LogP contribution in [0.15, 0.2) is 30.0 Å². The van der Waals surface area contributed by atoms with Gasteiger partial charge in [-0.05, 0) is 18.2 Å². The van der Waals surface area contributed by atoms with Gasteiger partial charge in [-0.3, -0.25) is 9.69 Å². The second-order valence-electron chi connectivity index (χ2n) is 5.29. The van der Waals surface area contributed by atoms with Gasteiger partial charge in [0, 0.05) is 51.2 Å². The van der Waals surface area contributed by atoms with E-state index in [1.165, 1.54) is 6.20 Å². The van der Waals surface area contributed by atoms with E-state index in [1.807, 2.05) is 6.07 Å². The summed E-state index contributed by atoms with van der Waals surface area (Å²) in [6.07, 6.45) is 1.36. The predicted octanol–water partition coefficient (Wildman–Crippen LogP) is 1.83. The predicted molar refractivity (Wildman–Crippen MR) is 96.1 cm³/mol. The summed E-state index contributed by atoms with van der Waals surface area (Å²) < 4.78 is 0. The Balaban J connectivity index is 1.83. The van der Waals surface area contributed by atoms with Crippen molar-refractivity contribution in [1.29, 1.82) is 5.26 Å². The maximum atomic E-state index is 12.0. The highest BCUT2D eigenvalue weighted by Gasteiger charge is 2.11. The van der Waals surface area contributed by atoms with E-state index >= 15 is 0 Å². The fraction of sp³-hybridized carbons (Fsp3) is 0.375. The third-order valence-electron chi connectivity index (χ3n) is 3.59. The van der Waals surface area contributed by atoms with E-state index in [1.54, 1.807) is 18.2 Å². The minimum atomic E-state index is -0.403. The molecule has 0 radical (unpaired) electrons. The van der Waals surface area contributed by atoms with E-state index in [0.717, 1.165) is 32.7 Å². The van der Waals surface area contributed by atoms with Gasteiger partial charge in [-0.15, -0.1) is 0 Å². The van der Waals surface area contributed by atoms with Crippen LogP contribution in [-0.2, 0) is 4.79 Å². The lowest BCUT2D eigenvalue weighted by molar-refractivity contribution is -0.117. The van der Waals surface area contributed by atoms with E-state index in [2.05, 4.69) is 20.9 Å². The minimum absolute atomic E-state index is 0.00128. The van der Waals surface area contributed by atoms with Crippen molar-refractivity contribution in [2.75, 3.05) is 44.6 Å². The normalized spacial score (nSPS) is 15.6. The lowest BCUT2D eigenvalue weighted by atomic mass is 10.2. The fourth-order valence-corrected chi connectivity index (χ4v) is 2.55. The molecule has 1 fully saturated rings. The number of carbonyl (C=O) groups excluding carboxylic acids is 1. The minimum Gasteiger partial charge on any atom is -0.360 e. The average Bonchev–Trinajstić information content (AvgIpc) is 2.59. The molecule has 24 heavy (non-hydrogen) atoms. The molecule has 6 nitrogen and oxygen atoms in total. The van der Waals surface area contributed by atoms with Crippen molar-refractivity contribution < 1.29 is 4.79 Å². The molecule has 128 valence electrons. The van der Waals surface area contributed by atoms with Crippen molar-refractivity contribution in [3.8, 4) is 6.07 Å². The highest BCUT2D eigenvalue weighted by molar-refractivity contribution is 6.42. The zero-order valence-corrected chi connectivity index (χ0v) is 14.6. The fourth-order valence-electron chi connectivity index (χ4n) is 2.25. The van der Waals surface area contributed by atoms with Gasteiger partial charge in [-0.2, -0.15) is 5.26 Å². The van der Waals surface area contributed by atoms with Gasteiger partial charge in [-0.25, -0.2) is 0 Å². The number of rotatable bonds is 6. The van der Waals surface area contributed by atoms with E-state index in [-0.39, 0.29) is 5.57 Å². The lowest BCUT2D eigenvalue weighted by Crippen LogP contribution is -2.46.